The predicted molar refractivity (Wildman–Crippen MR) is 172 cm³/mol. The molecule has 218 valence electrons. The summed E-state index contributed by atoms with van der Waals surface area (Å²) in [6.07, 6.45) is 4.60. The molecule has 2 atom stereocenters. The summed E-state index contributed by atoms with van der Waals surface area (Å²) in [6, 6.07) is 17.2. The highest BCUT2D eigenvalue weighted by atomic mass is 35.5. The normalized spacial score (nSPS) is 18.7. The SMILES string of the molecule is CN1CCC[C@H]1COc1nc(N2CCN[C@@H](CC#N)C2)c2ncc(-c3cccc4cccc(Cl)c34)cc2n1.Cl.Cl.Cl. The van der Waals surface area contributed by atoms with Gasteiger partial charge in [-0.05, 0) is 49.5 Å². The fourth-order valence-corrected chi connectivity index (χ4v) is 5.86. The van der Waals surface area contributed by atoms with Crippen molar-refractivity contribution in [1.82, 2.24) is 25.2 Å². The number of likely N-dealkylation sites (N-methyl/N-ethyl adjacent to an activating group) is 1. The third kappa shape index (κ3) is 6.89. The maximum absolute atomic E-state index is 9.24. The molecular formula is C29H33Cl4N7O. The van der Waals surface area contributed by atoms with Crippen LogP contribution in [0.4, 0.5) is 5.82 Å². The van der Waals surface area contributed by atoms with Gasteiger partial charge in [-0.25, -0.2) is 0 Å². The molecule has 4 heterocycles. The number of pyridine rings is 1. The van der Waals surface area contributed by atoms with E-state index < -0.39 is 0 Å². The lowest BCUT2D eigenvalue weighted by atomic mass is 9.99. The minimum Gasteiger partial charge on any atom is -0.462 e. The van der Waals surface area contributed by atoms with Crippen molar-refractivity contribution in [2.24, 2.45) is 0 Å². The maximum atomic E-state index is 9.24. The number of hydrogen-bond donors (Lipinski definition) is 1. The van der Waals surface area contributed by atoms with E-state index in [-0.39, 0.29) is 43.3 Å². The summed E-state index contributed by atoms with van der Waals surface area (Å²) in [5.74, 6) is 0.747. The number of piperazine rings is 1. The largest absolute Gasteiger partial charge is 0.462 e. The number of anilines is 1. The van der Waals surface area contributed by atoms with E-state index in [0.29, 0.717) is 36.6 Å². The van der Waals surface area contributed by atoms with Crippen molar-refractivity contribution in [1.29, 1.82) is 5.26 Å². The molecule has 1 N–H and O–H groups in total. The summed E-state index contributed by atoms with van der Waals surface area (Å²) in [7, 11) is 2.13. The molecule has 41 heavy (non-hydrogen) atoms. The Labute approximate surface area is 263 Å². The molecule has 0 bridgehead atoms. The van der Waals surface area contributed by atoms with Crippen LogP contribution in [0, 0.1) is 11.3 Å². The second-order valence-corrected chi connectivity index (χ2v) is 10.5. The number of ether oxygens (including phenoxy) is 1. The lowest BCUT2D eigenvalue weighted by Gasteiger charge is -2.33. The Kier molecular flexibility index (Phi) is 11.6. The molecular weight excluding hydrogens is 604 g/mol. The molecule has 0 unspecified atom stereocenters. The summed E-state index contributed by atoms with van der Waals surface area (Å²) in [5, 5.41) is 15.4. The zero-order valence-corrected chi connectivity index (χ0v) is 25.8. The van der Waals surface area contributed by atoms with Crippen LogP contribution >= 0.6 is 48.8 Å². The molecule has 2 aromatic heterocycles. The fourth-order valence-electron chi connectivity index (χ4n) is 5.58. The highest BCUT2D eigenvalue weighted by molar-refractivity contribution is 6.36. The second-order valence-electron chi connectivity index (χ2n) is 10.1. The summed E-state index contributed by atoms with van der Waals surface area (Å²) in [5.41, 5.74) is 3.39. The third-order valence-corrected chi connectivity index (χ3v) is 7.95. The molecule has 2 aliphatic heterocycles. The van der Waals surface area contributed by atoms with Crippen LogP contribution in [-0.2, 0) is 0 Å². The van der Waals surface area contributed by atoms with Gasteiger partial charge in [0, 0.05) is 53.9 Å². The molecule has 0 aliphatic carbocycles. The van der Waals surface area contributed by atoms with E-state index in [9.17, 15) is 5.26 Å². The monoisotopic (exact) mass is 635 g/mol. The average molecular weight is 637 g/mol. The molecule has 2 fully saturated rings. The number of aromatic nitrogens is 3. The van der Waals surface area contributed by atoms with Crippen molar-refractivity contribution in [3.05, 3.63) is 53.7 Å². The summed E-state index contributed by atoms with van der Waals surface area (Å²) < 4.78 is 6.20. The zero-order chi connectivity index (χ0) is 26.1. The first-order valence-electron chi connectivity index (χ1n) is 13.1. The number of nitrogens with zero attached hydrogens (tertiary/aromatic N) is 6. The van der Waals surface area contributed by atoms with Gasteiger partial charge >= 0.3 is 6.01 Å². The quantitative estimate of drug-likeness (QED) is 0.279. The van der Waals surface area contributed by atoms with E-state index in [2.05, 4.69) is 52.5 Å². The Hall–Kier alpha value is -2.64. The molecule has 2 aromatic carbocycles. The number of rotatable bonds is 6. The Morgan fingerprint density at radius 2 is 1.93 bits per heavy atom. The lowest BCUT2D eigenvalue weighted by Crippen LogP contribution is -2.51. The molecule has 12 heteroatoms. The van der Waals surface area contributed by atoms with Gasteiger partial charge in [-0.1, -0.05) is 41.9 Å². The zero-order valence-electron chi connectivity index (χ0n) is 22.6. The van der Waals surface area contributed by atoms with Crippen molar-refractivity contribution in [3.63, 3.8) is 0 Å². The highest BCUT2D eigenvalue weighted by Crippen LogP contribution is 2.35. The fraction of sp³-hybridized carbons (Fsp3) is 0.379. The van der Waals surface area contributed by atoms with Crippen molar-refractivity contribution in [2.45, 2.75) is 31.3 Å². The van der Waals surface area contributed by atoms with Crippen LogP contribution in [-0.4, -0.2) is 71.8 Å². The van der Waals surface area contributed by atoms with E-state index in [4.69, 9.17) is 31.3 Å². The smallest absolute Gasteiger partial charge is 0.319 e. The molecule has 2 aliphatic rings. The average Bonchev–Trinajstić information content (AvgIpc) is 3.35. The molecule has 0 saturated carbocycles. The molecule has 4 aromatic rings. The summed E-state index contributed by atoms with van der Waals surface area (Å²) in [4.78, 5) is 19.1. The van der Waals surface area contributed by atoms with Gasteiger partial charge in [0.05, 0.1) is 18.0 Å². The van der Waals surface area contributed by atoms with Gasteiger partial charge in [0.2, 0.25) is 0 Å². The van der Waals surface area contributed by atoms with E-state index in [1.807, 2.05) is 24.4 Å². The van der Waals surface area contributed by atoms with Gasteiger partial charge in [0.1, 0.15) is 12.1 Å². The third-order valence-electron chi connectivity index (χ3n) is 7.63. The number of halogens is 4. The minimum atomic E-state index is 0. The summed E-state index contributed by atoms with van der Waals surface area (Å²) in [6.45, 7) is 3.84. The molecule has 8 nitrogen and oxygen atoms in total. The van der Waals surface area contributed by atoms with Crippen LogP contribution in [0.3, 0.4) is 0 Å². The summed E-state index contributed by atoms with van der Waals surface area (Å²) >= 11 is 6.63. The number of nitriles is 1. The molecule has 0 amide bonds. The van der Waals surface area contributed by atoms with Gasteiger partial charge in [0.25, 0.3) is 0 Å². The predicted octanol–water partition coefficient (Wildman–Crippen LogP) is 5.93. The van der Waals surface area contributed by atoms with Gasteiger partial charge in [-0.2, -0.15) is 15.2 Å². The van der Waals surface area contributed by atoms with Gasteiger partial charge < -0.3 is 19.9 Å². The Balaban J connectivity index is 0.00000154. The van der Waals surface area contributed by atoms with Crippen molar-refractivity contribution in [2.75, 3.05) is 44.7 Å². The van der Waals surface area contributed by atoms with E-state index in [1.54, 1.807) is 0 Å². The van der Waals surface area contributed by atoms with Crippen LogP contribution in [0.15, 0.2) is 48.7 Å². The standard InChI is InChI=1S/C29H30ClN7O.3ClH/c1-36-13-4-7-22(36)18-38-29-34-25-15-20(23-8-2-5-19-6-3-9-24(30)26(19)23)16-33-27(25)28(35-29)37-14-12-32-21(17-37)10-11-31;;;/h2-3,5-6,8-9,15-16,21-22,32H,4,7,10,12-14,17-18H2,1H3;3*1H/t21-,22-;;;/m0.../s1. The first-order valence-corrected chi connectivity index (χ1v) is 13.5. The Morgan fingerprint density at radius 1 is 1.12 bits per heavy atom. The van der Waals surface area contributed by atoms with Gasteiger partial charge in [-0.15, -0.1) is 37.2 Å². The Morgan fingerprint density at radius 3 is 2.68 bits per heavy atom. The van der Waals surface area contributed by atoms with Crippen molar-refractivity contribution < 1.29 is 4.74 Å². The topological polar surface area (TPSA) is 90.2 Å². The molecule has 6 rings (SSSR count). The molecule has 0 radical (unpaired) electrons. The van der Waals surface area contributed by atoms with Crippen molar-refractivity contribution in [3.8, 4) is 23.2 Å². The molecule has 0 spiro atoms. The van der Waals surface area contributed by atoms with Gasteiger partial charge in [-0.3, -0.25) is 4.98 Å². The number of likely N-dealkylation sites (tertiary alicyclic amines) is 1. The highest BCUT2D eigenvalue weighted by Gasteiger charge is 2.25. The Bertz CT molecular complexity index is 1530. The minimum absolute atomic E-state index is 0. The number of hydrogen-bond acceptors (Lipinski definition) is 8. The van der Waals surface area contributed by atoms with Crippen LogP contribution in [0.2, 0.25) is 5.02 Å². The van der Waals surface area contributed by atoms with Crippen LogP contribution < -0.4 is 15.0 Å². The number of fused-ring (bicyclic) bond motifs is 2. The first-order chi connectivity index (χ1) is 18.6. The molecule has 2 saturated heterocycles. The van der Waals surface area contributed by atoms with Crippen LogP contribution in [0.1, 0.15) is 19.3 Å². The van der Waals surface area contributed by atoms with E-state index in [0.717, 1.165) is 64.8 Å². The second kappa shape index (κ2) is 14.5. The van der Waals surface area contributed by atoms with E-state index in [1.165, 1.54) is 6.42 Å². The van der Waals surface area contributed by atoms with Crippen molar-refractivity contribution >= 4 is 76.4 Å². The number of benzene rings is 2. The maximum Gasteiger partial charge on any atom is 0.319 e. The lowest BCUT2D eigenvalue weighted by molar-refractivity contribution is 0.188. The number of nitrogens with one attached hydrogen (secondary N) is 1. The van der Waals surface area contributed by atoms with E-state index >= 15 is 0 Å². The van der Waals surface area contributed by atoms with Crippen LogP contribution in [0.5, 0.6) is 6.01 Å². The van der Waals surface area contributed by atoms with Gasteiger partial charge in [0.15, 0.2) is 5.82 Å². The first kappa shape index (κ1) is 32.9. The van der Waals surface area contributed by atoms with Crippen LogP contribution in [0.25, 0.3) is 32.9 Å².